The number of nitrogens with two attached hydrogens (primary N) is 1. The Morgan fingerprint density at radius 1 is 1.21 bits per heavy atom. The zero-order chi connectivity index (χ0) is 17.4. The van der Waals surface area contributed by atoms with Crippen molar-refractivity contribution in [3.63, 3.8) is 0 Å². The number of carbonyl (C=O) groups is 2. The van der Waals surface area contributed by atoms with Crippen molar-refractivity contribution in [1.82, 2.24) is 4.98 Å². The lowest BCUT2D eigenvalue weighted by molar-refractivity contribution is 0.0995. The molecule has 2 amide bonds. The van der Waals surface area contributed by atoms with Crippen LogP contribution in [0.3, 0.4) is 0 Å². The molecule has 122 valence electrons. The molecule has 0 saturated heterocycles. The van der Waals surface area contributed by atoms with Crippen LogP contribution in [0.1, 0.15) is 26.4 Å². The summed E-state index contributed by atoms with van der Waals surface area (Å²) in [5.41, 5.74) is 6.73. The molecule has 0 saturated carbocycles. The Morgan fingerprint density at radius 3 is 2.67 bits per heavy atom. The van der Waals surface area contributed by atoms with Gasteiger partial charge in [0.2, 0.25) is 5.91 Å². The fraction of sp³-hybridized carbons (Fsp3) is 0.0588. The minimum absolute atomic E-state index is 0.00558. The number of aromatic nitrogens is 1. The van der Waals surface area contributed by atoms with Crippen LogP contribution >= 0.6 is 15.9 Å². The van der Waals surface area contributed by atoms with Crippen molar-refractivity contribution in [3.05, 3.63) is 63.5 Å². The lowest BCUT2D eigenvalue weighted by atomic mass is 10.1. The van der Waals surface area contributed by atoms with Crippen LogP contribution in [0.15, 0.2) is 40.9 Å². The van der Waals surface area contributed by atoms with E-state index in [9.17, 15) is 14.0 Å². The quantitative estimate of drug-likeness (QED) is 0.637. The van der Waals surface area contributed by atoms with Gasteiger partial charge in [-0.2, -0.15) is 0 Å². The summed E-state index contributed by atoms with van der Waals surface area (Å²) in [4.78, 5) is 26.7. The van der Waals surface area contributed by atoms with Crippen molar-refractivity contribution >= 4 is 44.3 Å². The summed E-state index contributed by atoms with van der Waals surface area (Å²) < 4.78 is 14.8. The number of amides is 2. The summed E-state index contributed by atoms with van der Waals surface area (Å²) >= 11 is 3.37. The molecule has 0 unspecified atom stereocenters. The molecule has 0 bridgehead atoms. The van der Waals surface area contributed by atoms with Gasteiger partial charge in [0.25, 0.3) is 5.91 Å². The van der Waals surface area contributed by atoms with Gasteiger partial charge in [-0.3, -0.25) is 9.59 Å². The first-order chi connectivity index (χ1) is 11.3. The Hall–Kier alpha value is -2.67. The van der Waals surface area contributed by atoms with Crippen LogP contribution in [0, 0.1) is 12.7 Å². The monoisotopic (exact) mass is 389 g/mol. The van der Waals surface area contributed by atoms with E-state index in [0.717, 1.165) is 21.4 Å². The minimum atomic E-state index is -0.764. The van der Waals surface area contributed by atoms with Crippen molar-refractivity contribution < 1.29 is 14.0 Å². The first-order valence-corrected chi connectivity index (χ1v) is 7.84. The second-order valence-corrected chi connectivity index (χ2v) is 6.28. The number of rotatable bonds is 3. The molecule has 7 heteroatoms. The fourth-order valence-corrected chi connectivity index (χ4v) is 2.75. The van der Waals surface area contributed by atoms with Gasteiger partial charge in [0.05, 0.1) is 0 Å². The van der Waals surface area contributed by atoms with Gasteiger partial charge in [-0.25, -0.2) is 4.39 Å². The van der Waals surface area contributed by atoms with E-state index < -0.39 is 17.6 Å². The largest absolute Gasteiger partial charge is 0.366 e. The van der Waals surface area contributed by atoms with Gasteiger partial charge in [-0.05, 0) is 43.3 Å². The summed E-state index contributed by atoms with van der Waals surface area (Å²) in [6.07, 6.45) is 0. The fourth-order valence-electron chi connectivity index (χ4n) is 2.37. The van der Waals surface area contributed by atoms with Gasteiger partial charge in [0, 0.05) is 32.2 Å². The molecule has 0 atom stereocenters. The van der Waals surface area contributed by atoms with Crippen molar-refractivity contribution in [2.75, 3.05) is 5.32 Å². The number of hydrogen-bond donors (Lipinski definition) is 3. The summed E-state index contributed by atoms with van der Waals surface area (Å²) in [6, 6.07) is 9.68. The Kier molecular flexibility index (Phi) is 4.11. The normalized spacial score (nSPS) is 10.8. The van der Waals surface area contributed by atoms with E-state index in [-0.39, 0.29) is 16.8 Å². The number of nitrogens with one attached hydrogen (secondary N) is 2. The van der Waals surface area contributed by atoms with E-state index in [1.165, 1.54) is 13.0 Å². The second-order valence-electron chi connectivity index (χ2n) is 5.36. The van der Waals surface area contributed by atoms with Crippen LogP contribution in [0.2, 0.25) is 0 Å². The summed E-state index contributed by atoms with van der Waals surface area (Å²) in [5.74, 6) is -1.81. The second kappa shape index (κ2) is 6.09. The van der Waals surface area contributed by atoms with Gasteiger partial charge in [0.15, 0.2) is 0 Å². The number of aromatic amines is 1. The number of carbonyl (C=O) groups excluding carboxylic acids is 2. The number of fused-ring (bicyclic) bond motifs is 1. The molecule has 0 aliphatic rings. The maximum Gasteiger partial charge on any atom is 0.272 e. The molecule has 5 nitrogen and oxygen atoms in total. The highest BCUT2D eigenvalue weighted by atomic mass is 79.9. The third-order valence-electron chi connectivity index (χ3n) is 3.70. The zero-order valence-electron chi connectivity index (χ0n) is 12.6. The van der Waals surface area contributed by atoms with E-state index in [1.807, 2.05) is 18.2 Å². The summed E-state index contributed by atoms with van der Waals surface area (Å²) in [5, 5.41) is 3.47. The molecule has 24 heavy (non-hydrogen) atoms. The molecule has 3 rings (SSSR count). The standard InChI is InChI=1S/C17H13BrFN3O2/c1-8-12(19)5-10(16(20)23)7-14(8)22-17(24)15-6-9-4-11(18)2-3-13(9)21-15/h2-7,21H,1H3,(H2,20,23)(H,22,24). The molecule has 3 aromatic rings. The molecular weight excluding hydrogens is 377 g/mol. The number of halogens is 2. The Morgan fingerprint density at radius 2 is 1.96 bits per heavy atom. The van der Waals surface area contributed by atoms with Crippen molar-refractivity contribution in [2.45, 2.75) is 6.92 Å². The van der Waals surface area contributed by atoms with Gasteiger partial charge in [-0.15, -0.1) is 0 Å². The molecule has 4 N–H and O–H groups in total. The number of benzene rings is 2. The minimum Gasteiger partial charge on any atom is -0.366 e. The first kappa shape index (κ1) is 16.2. The van der Waals surface area contributed by atoms with Crippen molar-refractivity contribution in [3.8, 4) is 0 Å². The van der Waals surface area contributed by atoms with Crippen LogP contribution < -0.4 is 11.1 Å². The predicted octanol–water partition coefficient (Wildman–Crippen LogP) is 3.73. The molecule has 0 spiro atoms. The van der Waals surface area contributed by atoms with Crippen LogP contribution in [0.4, 0.5) is 10.1 Å². The molecule has 1 aromatic heterocycles. The first-order valence-electron chi connectivity index (χ1n) is 7.04. The van der Waals surface area contributed by atoms with E-state index in [2.05, 4.69) is 26.2 Å². The number of anilines is 1. The van der Waals surface area contributed by atoms with Gasteiger partial charge in [-0.1, -0.05) is 15.9 Å². The van der Waals surface area contributed by atoms with Crippen molar-refractivity contribution in [1.29, 1.82) is 0 Å². The van der Waals surface area contributed by atoms with E-state index in [1.54, 1.807) is 6.07 Å². The average Bonchev–Trinajstić information content (AvgIpc) is 2.94. The Labute approximate surface area is 145 Å². The van der Waals surface area contributed by atoms with Crippen LogP contribution in [0.25, 0.3) is 10.9 Å². The molecule has 0 aliphatic heterocycles. The van der Waals surface area contributed by atoms with Crippen LogP contribution in [-0.2, 0) is 0 Å². The molecule has 0 radical (unpaired) electrons. The van der Waals surface area contributed by atoms with Crippen LogP contribution in [0.5, 0.6) is 0 Å². The number of H-pyrrole nitrogens is 1. The molecule has 2 aromatic carbocycles. The molecule has 0 fully saturated rings. The smallest absolute Gasteiger partial charge is 0.272 e. The van der Waals surface area contributed by atoms with E-state index in [0.29, 0.717) is 5.69 Å². The summed E-state index contributed by atoms with van der Waals surface area (Å²) in [6.45, 7) is 1.51. The molecule has 1 heterocycles. The Balaban J connectivity index is 1.95. The maximum absolute atomic E-state index is 13.9. The van der Waals surface area contributed by atoms with E-state index >= 15 is 0 Å². The highest BCUT2D eigenvalue weighted by Gasteiger charge is 2.15. The van der Waals surface area contributed by atoms with Gasteiger partial charge >= 0.3 is 0 Å². The maximum atomic E-state index is 13.9. The third-order valence-corrected chi connectivity index (χ3v) is 4.20. The SMILES string of the molecule is Cc1c(F)cc(C(N)=O)cc1NC(=O)c1cc2cc(Br)ccc2[nH]1. The number of primary amides is 1. The molecular formula is C17H13BrFN3O2. The number of hydrogen-bond acceptors (Lipinski definition) is 2. The van der Waals surface area contributed by atoms with Crippen LogP contribution in [-0.4, -0.2) is 16.8 Å². The topological polar surface area (TPSA) is 88.0 Å². The zero-order valence-corrected chi connectivity index (χ0v) is 14.2. The third kappa shape index (κ3) is 3.03. The van der Waals surface area contributed by atoms with Gasteiger partial charge < -0.3 is 16.0 Å². The van der Waals surface area contributed by atoms with Crippen molar-refractivity contribution in [2.24, 2.45) is 5.73 Å². The lowest BCUT2D eigenvalue weighted by Crippen LogP contribution is -2.16. The van der Waals surface area contributed by atoms with Gasteiger partial charge in [0.1, 0.15) is 11.5 Å². The Bertz CT molecular complexity index is 981. The predicted molar refractivity (Wildman–Crippen MR) is 93.6 cm³/mol. The summed E-state index contributed by atoms with van der Waals surface area (Å²) in [7, 11) is 0. The lowest BCUT2D eigenvalue weighted by Gasteiger charge is -2.10. The van der Waals surface area contributed by atoms with E-state index in [4.69, 9.17) is 5.73 Å². The average molecular weight is 390 g/mol. The molecule has 0 aliphatic carbocycles. The highest BCUT2D eigenvalue weighted by molar-refractivity contribution is 9.10. The highest BCUT2D eigenvalue weighted by Crippen LogP contribution is 2.23.